The smallest absolute Gasteiger partial charge is 0.116 e. The molecule has 1 rings (SSSR count). The van der Waals surface area contributed by atoms with Gasteiger partial charge in [0.25, 0.3) is 0 Å². The molecule has 2 atom stereocenters. The van der Waals surface area contributed by atoms with Gasteiger partial charge in [-0.25, -0.2) is 0 Å². The van der Waals surface area contributed by atoms with E-state index in [1.165, 1.54) is 0 Å². The Morgan fingerprint density at radius 2 is 2.25 bits per heavy atom. The topological polar surface area (TPSA) is 27.0 Å². The SMILES string of the molecule is C=C[C@H]1C[C@]1(C#N)N(CC)CC. The second-order valence-electron chi connectivity index (χ2n) is 3.25. The maximum atomic E-state index is 9.05. The van der Waals surface area contributed by atoms with E-state index in [1.54, 1.807) is 0 Å². The van der Waals surface area contributed by atoms with E-state index < -0.39 is 0 Å². The van der Waals surface area contributed by atoms with Crippen LogP contribution in [-0.2, 0) is 0 Å². The molecule has 1 fully saturated rings. The molecular weight excluding hydrogens is 148 g/mol. The molecule has 0 bridgehead atoms. The van der Waals surface area contributed by atoms with Gasteiger partial charge in [0, 0.05) is 5.92 Å². The van der Waals surface area contributed by atoms with Crippen molar-refractivity contribution in [1.29, 1.82) is 5.26 Å². The predicted octanol–water partition coefficient (Wildman–Crippen LogP) is 1.80. The molecule has 0 unspecified atom stereocenters. The van der Waals surface area contributed by atoms with Crippen LogP contribution >= 0.6 is 0 Å². The standard InChI is InChI=1S/C10H16N2/c1-4-9-7-10(9,8-11)12(5-2)6-3/h4,9H,1,5-7H2,2-3H3/t9-,10+/m0/s1. The van der Waals surface area contributed by atoms with Crippen LogP contribution in [0.2, 0.25) is 0 Å². The van der Waals surface area contributed by atoms with Crippen molar-refractivity contribution in [2.45, 2.75) is 25.8 Å². The van der Waals surface area contributed by atoms with Crippen molar-refractivity contribution in [3.8, 4) is 6.07 Å². The molecule has 0 heterocycles. The molecule has 0 amide bonds. The molecule has 0 aromatic carbocycles. The molecule has 0 N–H and O–H groups in total. The van der Waals surface area contributed by atoms with Crippen LogP contribution < -0.4 is 0 Å². The second-order valence-corrected chi connectivity index (χ2v) is 3.25. The summed E-state index contributed by atoms with van der Waals surface area (Å²) in [6, 6.07) is 2.41. The Morgan fingerprint density at radius 1 is 1.67 bits per heavy atom. The van der Waals surface area contributed by atoms with Gasteiger partial charge in [-0.2, -0.15) is 5.26 Å². The Morgan fingerprint density at radius 3 is 2.50 bits per heavy atom. The van der Waals surface area contributed by atoms with Gasteiger partial charge in [-0.3, -0.25) is 4.90 Å². The van der Waals surface area contributed by atoms with Crippen molar-refractivity contribution in [1.82, 2.24) is 4.90 Å². The van der Waals surface area contributed by atoms with E-state index in [1.807, 2.05) is 6.08 Å². The maximum Gasteiger partial charge on any atom is 0.116 e. The third-order valence-electron chi connectivity index (χ3n) is 2.79. The van der Waals surface area contributed by atoms with E-state index in [9.17, 15) is 0 Å². The fourth-order valence-electron chi connectivity index (χ4n) is 1.91. The summed E-state index contributed by atoms with van der Waals surface area (Å²) in [5.74, 6) is 0.391. The Kier molecular flexibility index (Phi) is 2.54. The first kappa shape index (κ1) is 9.28. The van der Waals surface area contributed by atoms with Gasteiger partial charge in [0.2, 0.25) is 0 Å². The largest absolute Gasteiger partial charge is 0.286 e. The molecule has 1 saturated carbocycles. The lowest BCUT2D eigenvalue weighted by Crippen LogP contribution is -2.37. The quantitative estimate of drug-likeness (QED) is 0.592. The minimum Gasteiger partial charge on any atom is -0.286 e. The first-order chi connectivity index (χ1) is 5.75. The average Bonchev–Trinajstić information content (AvgIpc) is 2.82. The van der Waals surface area contributed by atoms with E-state index in [2.05, 4.69) is 31.4 Å². The van der Waals surface area contributed by atoms with Crippen LogP contribution in [0.5, 0.6) is 0 Å². The molecule has 66 valence electrons. The lowest BCUT2D eigenvalue weighted by Gasteiger charge is -2.24. The summed E-state index contributed by atoms with van der Waals surface area (Å²) in [5.41, 5.74) is -0.203. The first-order valence-corrected chi connectivity index (χ1v) is 4.54. The Hall–Kier alpha value is -0.810. The highest BCUT2D eigenvalue weighted by molar-refractivity contribution is 5.28. The van der Waals surface area contributed by atoms with E-state index in [0.29, 0.717) is 5.92 Å². The van der Waals surface area contributed by atoms with Crippen LogP contribution in [0.4, 0.5) is 0 Å². The van der Waals surface area contributed by atoms with Crippen molar-refractivity contribution in [3.63, 3.8) is 0 Å². The lowest BCUT2D eigenvalue weighted by atomic mass is 10.2. The average molecular weight is 164 g/mol. The van der Waals surface area contributed by atoms with Gasteiger partial charge in [-0.05, 0) is 19.5 Å². The van der Waals surface area contributed by atoms with E-state index in [0.717, 1.165) is 19.5 Å². The van der Waals surface area contributed by atoms with E-state index in [-0.39, 0.29) is 5.54 Å². The number of rotatable bonds is 4. The summed E-state index contributed by atoms with van der Waals surface area (Å²) >= 11 is 0. The molecule has 0 aromatic heterocycles. The molecular formula is C10H16N2. The van der Waals surface area contributed by atoms with E-state index >= 15 is 0 Å². The summed E-state index contributed by atoms with van der Waals surface area (Å²) in [6.07, 6.45) is 2.87. The van der Waals surface area contributed by atoms with Gasteiger partial charge < -0.3 is 0 Å². The highest BCUT2D eigenvalue weighted by atomic mass is 15.2. The van der Waals surface area contributed by atoms with Crippen molar-refractivity contribution in [2.75, 3.05) is 13.1 Å². The molecule has 0 spiro atoms. The normalized spacial score (nSPS) is 33.0. The predicted molar refractivity (Wildman–Crippen MR) is 49.6 cm³/mol. The third kappa shape index (κ3) is 1.15. The zero-order chi connectivity index (χ0) is 9.19. The first-order valence-electron chi connectivity index (χ1n) is 4.54. The zero-order valence-electron chi connectivity index (χ0n) is 7.88. The molecule has 0 aromatic rings. The highest BCUT2D eigenvalue weighted by Crippen LogP contribution is 2.48. The van der Waals surface area contributed by atoms with Crippen LogP contribution in [0.15, 0.2) is 12.7 Å². The zero-order valence-corrected chi connectivity index (χ0v) is 7.88. The number of hydrogen-bond donors (Lipinski definition) is 0. The van der Waals surface area contributed by atoms with Crippen LogP contribution in [0.1, 0.15) is 20.3 Å². The molecule has 0 aliphatic heterocycles. The van der Waals surface area contributed by atoms with Crippen molar-refractivity contribution in [3.05, 3.63) is 12.7 Å². The van der Waals surface area contributed by atoms with Crippen LogP contribution in [-0.4, -0.2) is 23.5 Å². The van der Waals surface area contributed by atoms with E-state index in [4.69, 9.17) is 5.26 Å². The minimum atomic E-state index is -0.203. The third-order valence-corrected chi connectivity index (χ3v) is 2.79. The highest BCUT2D eigenvalue weighted by Gasteiger charge is 2.56. The second kappa shape index (κ2) is 3.28. The molecule has 12 heavy (non-hydrogen) atoms. The summed E-state index contributed by atoms with van der Waals surface area (Å²) in [6.45, 7) is 9.84. The fraction of sp³-hybridized carbons (Fsp3) is 0.700. The number of nitriles is 1. The van der Waals surface area contributed by atoms with Crippen molar-refractivity contribution < 1.29 is 0 Å². The molecule has 1 aliphatic rings. The molecule has 0 saturated heterocycles. The van der Waals surface area contributed by atoms with Crippen molar-refractivity contribution >= 4 is 0 Å². The molecule has 1 aliphatic carbocycles. The van der Waals surface area contributed by atoms with Gasteiger partial charge >= 0.3 is 0 Å². The van der Waals surface area contributed by atoms with Crippen molar-refractivity contribution in [2.24, 2.45) is 5.92 Å². The van der Waals surface area contributed by atoms with Crippen LogP contribution in [0.25, 0.3) is 0 Å². The summed E-state index contributed by atoms with van der Waals surface area (Å²) in [4.78, 5) is 2.22. The van der Waals surface area contributed by atoms with Gasteiger partial charge in [0.15, 0.2) is 0 Å². The van der Waals surface area contributed by atoms with Gasteiger partial charge in [0.1, 0.15) is 5.54 Å². The Balaban J connectivity index is 2.71. The number of nitrogens with zero attached hydrogens (tertiary/aromatic N) is 2. The summed E-state index contributed by atoms with van der Waals surface area (Å²) < 4.78 is 0. The van der Waals surface area contributed by atoms with Gasteiger partial charge in [0.05, 0.1) is 6.07 Å². The molecule has 2 nitrogen and oxygen atoms in total. The maximum absolute atomic E-state index is 9.05. The number of hydrogen-bond acceptors (Lipinski definition) is 2. The Bertz CT molecular complexity index is 212. The molecule has 0 radical (unpaired) electrons. The van der Waals surface area contributed by atoms with Gasteiger partial charge in [-0.15, -0.1) is 6.58 Å². The Labute approximate surface area is 74.5 Å². The summed E-state index contributed by atoms with van der Waals surface area (Å²) in [7, 11) is 0. The van der Waals surface area contributed by atoms with Crippen LogP contribution in [0, 0.1) is 17.2 Å². The van der Waals surface area contributed by atoms with Crippen LogP contribution in [0.3, 0.4) is 0 Å². The summed E-state index contributed by atoms with van der Waals surface area (Å²) in [5, 5.41) is 9.05. The molecule has 2 heteroatoms. The monoisotopic (exact) mass is 164 g/mol. The van der Waals surface area contributed by atoms with Gasteiger partial charge in [-0.1, -0.05) is 19.9 Å². The fourth-order valence-corrected chi connectivity index (χ4v) is 1.91. The minimum absolute atomic E-state index is 0.203. The lowest BCUT2D eigenvalue weighted by molar-refractivity contribution is 0.233.